The molecule has 1 unspecified atom stereocenters. The lowest BCUT2D eigenvalue weighted by Crippen LogP contribution is -2.27. The fourth-order valence-corrected chi connectivity index (χ4v) is 5.71. The van der Waals surface area contributed by atoms with Gasteiger partial charge in [-0.1, -0.05) is 12.1 Å². The lowest BCUT2D eigenvalue weighted by Gasteiger charge is -2.28. The number of hydrogen-bond donors (Lipinski definition) is 3. The van der Waals surface area contributed by atoms with Crippen molar-refractivity contribution in [2.45, 2.75) is 65.1 Å². The van der Waals surface area contributed by atoms with Crippen LogP contribution in [0.4, 0.5) is 33.4 Å². The van der Waals surface area contributed by atoms with E-state index in [0.29, 0.717) is 35.7 Å². The summed E-state index contributed by atoms with van der Waals surface area (Å²) < 4.78 is 11.6. The standard InChI is InChI=1S/C36H38N6O5/c1-22-29-18-32(38-21-30(29)28-12-11-27(17-31(28)46-22)42-14-6-9-34(42)44)39-25-16-26(20-37-19-25)40-33(43)13-10-23-7-5-8-24(15-23)41-35(45)47-36(2,3)4/h5,7-8,11-12,15-22H,6,9-10,13-14H2,1-4H3,(H,38,39)(H,40,43)(H,41,45). The normalized spacial score (nSPS) is 15.3. The highest BCUT2D eigenvalue weighted by molar-refractivity contribution is 5.96. The summed E-state index contributed by atoms with van der Waals surface area (Å²) in [5.74, 6) is 1.33. The first kappa shape index (κ1) is 31.5. The second kappa shape index (κ2) is 13.1. The van der Waals surface area contributed by atoms with Crippen molar-refractivity contribution in [3.8, 4) is 16.9 Å². The zero-order valence-electron chi connectivity index (χ0n) is 26.9. The van der Waals surface area contributed by atoms with Crippen LogP contribution in [0.3, 0.4) is 0 Å². The predicted molar refractivity (Wildman–Crippen MR) is 181 cm³/mol. The van der Waals surface area contributed by atoms with Crippen LogP contribution in [-0.4, -0.2) is 40.0 Å². The number of hydrogen-bond acceptors (Lipinski definition) is 8. The number of ether oxygens (including phenoxy) is 2. The Kier molecular flexibility index (Phi) is 8.80. The third kappa shape index (κ3) is 7.69. The fraction of sp³-hybridized carbons (Fsp3) is 0.306. The van der Waals surface area contributed by atoms with Crippen molar-refractivity contribution in [2.75, 3.05) is 27.4 Å². The zero-order chi connectivity index (χ0) is 33.1. The Morgan fingerprint density at radius 1 is 0.979 bits per heavy atom. The predicted octanol–water partition coefficient (Wildman–Crippen LogP) is 7.39. The van der Waals surface area contributed by atoms with Crippen molar-refractivity contribution in [3.63, 3.8) is 0 Å². The van der Waals surface area contributed by atoms with E-state index in [9.17, 15) is 14.4 Å². The lowest BCUT2D eigenvalue weighted by molar-refractivity contribution is -0.117. The summed E-state index contributed by atoms with van der Waals surface area (Å²) >= 11 is 0. The van der Waals surface area contributed by atoms with E-state index in [1.807, 2.05) is 60.5 Å². The van der Waals surface area contributed by atoms with Gasteiger partial charge < -0.3 is 25.0 Å². The quantitative estimate of drug-likeness (QED) is 0.183. The third-order valence-electron chi connectivity index (χ3n) is 7.83. The van der Waals surface area contributed by atoms with Gasteiger partial charge >= 0.3 is 6.09 Å². The summed E-state index contributed by atoms with van der Waals surface area (Å²) in [4.78, 5) is 47.9. The Labute approximate surface area is 273 Å². The highest BCUT2D eigenvalue weighted by atomic mass is 16.6. The van der Waals surface area contributed by atoms with Gasteiger partial charge in [0.05, 0.1) is 23.8 Å². The number of nitrogens with zero attached hydrogens (tertiary/aromatic N) is 3. The summed E-state index contributed by atoms with van der Waals surface area (Å²) in [5.41, 5.74) is 5.89. The van der Waals surface area contributed by atoms with Crippen LogP contribution in [-0.2, 0) is 20.7 Å². The molecule has 2 aliphatic heterocycles. The van der Waals surface area contributed by atoms with E-state index in [2.05, 4.69) is 25.9 Å². The molecule has 11 nitrogen and oxygen atoms in total. The van der Waals surface area contributed by atoms with Crippen molar-refractivity contribution in [3.05, 3.63) is 84.3 Å². The number of carbonyl (C=O) groups excluding carboxylic acids is 3. The Balaban J connectivity index is 1.07. The molecule has 47 heavy (non-hydrogen) atoms. The van der Waals surface area contributed by atoms with Gasteiger partial charge in [0.15, 0.2) is 0 Å². The van der Waals surface area contributed by atoms with E-state index < -0.39 is 11.7 Å². The number of anilines is 5. The number of pyridine rings is 2. The monoisotopic (exact) mass is 634 g/mol. The molecule has 1 saturated heterocycles. The first-order chi connectivity index (χ1) is 22.5. The minimum atomic E-state index is -0.595. The number of amides is 3. The van der Waals surface area contributed by atoms with Gasteiger partial charge in [-0.2, -0.15) is 0 Å². The van der Waals surface area contributed by atoms with Crippen LogP contribution in [0.1, 0.15) is 64.2 Å². The highest BCUT2D eigenvalue weighted by Crippen LogP contribution is 2.44. The van der Waals surface area contributed by atoms with Gasteiger partial charge in [0.1, 0.15) is 23.3 Å². The maximum atomic E-state index is 12.8. The second-order valence-corrected chi connectivity index (χ2v) is 12.7. The maximum Gasteiger partial charge on any atom is 0.412 e. The van der Waals surface area contributed by atoms with Crippen LogP contribution in [0.2, 0.25) is 0 Å². The molecule has 0 bridgehead atoms. The molecule has 2 aliphatic rings. The Hall–Kier alpha value is -5.45. The number of aryl methyl sites for hydroxylation is 1. The first-order valence-electron chi connectivity index (χ1n) is 15.7. The molecule has 242 valence electrons. The molecule has 1 atom stereocenters. The first-order valence-corrected chi connectivity index (χ1v) is 15.7. The molecule has 2 aromatic heterocycles. The van der Waals surface area contributed by atoms with E-state index in [0.717, 1.165) is 46.7 Å². The number of benzene rings is 2. The van der Waals surface area contributed by atoms with Gasteiger partial charge in [-0.3, -0.25) is 19.9 Å². The molecular formula is C36H38N6O5. The topological polar surface area (TPSA) is 135 Å². The number of carbonyl (C=O) groups is 3. The number of fused-ring (bicyclic) bond motifs is 3. The number of rotatable bonds is 8. The summed E-state index contributed by atoms with van der Waals surface area (Å²) in [5, 5.41) is 8.93. The average molecular weight is 635 g/mol. The van der Waals surface area contributed by atoms with Gasteiger partial charge in [0, 0.05) is 59.7 Å². The molecule has 2 aromatic carbocycles. The van der Waals surface area contributed by atoms with Crippen molar-refractivity contribution in [2.24, 2.45) is 0 Å². The molecule has 0 radical (unpaired) electrons. The van der Waals surface area contributed by atoms with Crippen LogP contribution in [0.15, 0.2) is 73.2 Å². The molecule has 3 N–H and O–H groups in total. The SMILES string of the molecule is CC1Oc2cc(N3CCCC3=O)ccc2-c2cnc(Nc3cncc(NC(=O)CCc4cccc(NC(=O)OC(C)(C)C)c4)c3)cc21. The third-order valence-corrected chi connectivity index (χ3v) is 7.83. The number of aromatic nitrogens is 2. The van der Waals surface area contributed by atoms with Gasteiger partial charge in [-0.05, 0) is 82.5 Å². The largest absolute Gasteiger partial charge is 0.485 e. The molecular weight excluding hydrogens is 596 g/mol. The van der Waals surface area contributed by atoms with E-state index in [1.165, 1.54) is 0 Å². The van der Waals surface area contributed by atoms with Crippen molar-refractivity contribution >= 4 is 46.5 Å². The molecule has 0 saturated carbocycles. The van der Waals surface area contributed by atoms with Crippen molar-refractivity contribution in [1.82, 2.24) is 9.97 Å². The van der Waals surface area contributed by atoms with E-state index >= 15 is 0 Å². The Morgan fingerprint density at radius 3 is 2.60 bits per heavy atom. The highest BCUT2D eigenvalue weighted by Gasteiger charge is 2.27. The molecule has 4 aromatic rings. The Morgan fingerprint density at radius 2 is 1.81 bits per heavy atom. The van der Waals surface area contributed by atoms with Crippen molar-refractivity contribution < 1.29 is 23.9 Å². The molecule has 0 aliphatic carbocycles. The van der Waals surface area contributed by atoms with Crippen molar-refractivity contribution in [1.29, 1.82) is 0 Å². The Bertz CT molecular complexity index is 1840. The zero-order valence-corrected chi connectivity index (χ0v) is 26.9. The average Bonchev–Trinajstić information content (AvgIpc) is 3.45. The summed E-state index contributed by atoms with van der Waals surface area (Å²) in [6.45, 7) is 8.13. The molecule has 3 amide bonds. The van der Waals surface area contributed by atoms with Crippen LogP contribution in [0, 0.1) is 0 Å². The van der Waals surface area contributed by atoms with E-state index in [4.69, 9.17) is 9.47 Å². The molecule has 4 heterocycles. The van der Waals surface area contributed by atoms with Crippen LogP contribution >= 0.6 is 0 Å². The van der Waals surface area contributed by atoms with Gasteiger partial charge in [0.25, 0.3) is 0 Å². The second-order valence-electron chi connectivity index (χ2n) is 12.7. The minimum Gasteiger partial charge on any atom is -0.485 e. The smallest absolute Gasteiger partial charge is 0.412 e. The van der Waals surface area contributed by atoms with E-state index in [-0.39, 0.29) is 24.3 Å². The van der Waals surface area contributed by atoms with Gasteiger partial charge in [-0.15, -0.1) is 0 Å². The maximum absolute atomic E-state index is 12.8. The number of nitrogens with one attached hydrogen (secondary N) is 3. The fourth-order valence-electron chi connectivity index (χ4n) is 5.71. The minimum absolute atomic E-state index is 0.140. The van der Waals surface area contributed by atoms with Crippen LogP contribution in [0.25, 0.3) is 11.1 Å². The van der Waals surface area contributed by atoms with E-state index in [1.54, 1.807) is 45.3 Å². The lowest BCUT2D eigenvalue weighted by atomic mass is 9.94. The van der Waals surface area contributed by atoms with Gasteiger partial charge in [0.2, 0.25) is 11.8 Å². The molecule has 11 heteroatoms. The van der Waals surface area contributed by atoms with Crippen LogP contribution < -0.4 is 25.6 Å². The summed E-state index contributed by atoms with van der Waals surface area (Å²) in [6, 6.07) is 17.0. The molecule has 6 rings (SSSR count). The summed E-state index contributed by atoms with van der Waals surface area (Å²) in [7, 11) is 0. The van der Waals surface area contributed by atoms with Gasteiger partial charge in [-0.25, -0.2) is 9.78 Å². The summed E-state index contributed by atoms with van der Waals surface area (Å²) in [6.07, 6.45) is 6.51. The van der Waals surface area contributed by atoms with Crippen LogP contribution in [0.5, 0.6) is 5.75 Å². The molecule has 1 fully saturated rings. The molecule has 0 spiro atoms.